The second kappa shape index (κ2) is 8.36. The Morgan fingerprint density at radius 3 is 2.10 bits per heavy atom. The van der Waals surface area contributed by atoms with Crippen molar-refractivity contribution in [3.05, 3.63) is 72.6 Å². The topological polar surface area (TPSA) is 30.2 Å². The number of esters is 1. The molecule has 108 valence electrons. The quantitative estimate of drug-likeness (QED) is 0.236. The Morgan fingerprint density at radius 1 is 1.05 bits per heavy atom. The van der Waals surface area contributed by atoms with Crippen LogP contribution in [0.3, 0.4) is 0 Å². The lowest BCUT2D eigenvalue weighted by molar-refractivity contribution is -0.671. The molecular formula is C17H16INO2. The number of aromatic nitrogens is 1. The van der Waals surface area contributed by atoms with Gasteiger partial charge in [0.15, 0.2) is 12.4 Å². The molecule has 1 heterocycles. The van der Waals surface area contributed by atoms with Crippen molar-refractivity contribution in [3.63, 3.8) is 0 Å². The van der Waals surface area contributed by atoms with Crippen LogP contribution in [0.2, 0.25) is 0 Å². The Morgan fingerprint density at radius 2 is 1.57 bits per heavy atom. The number of halogens is 1. The fourth-order valence-electron chi connectivity index (χ4n) is 1.62. The first-order valence-electron chi connectivity index (χ1n) is 6.25. The minimum Gasteiger partial charge on any atom is -1.00 e. The second-order valence-corrected chi connectivity index (χ2v) is 4.32. The third-order valence-corrected chi connectivity index (χ3v) is 2.74. The van der Waals surface area contributed by atoms with Gasteiger partial charge in [-0.25, -0.2) is 9.36 Å². The Bertz CT molecular complexity index is 631. The molecule has 4 heteroatoms. The summed E-state index contributed by atoms with van der Waals surface area (Å²) in [7, 11) is 1.98. The van der Waals surface area contributed by atoms with Gasteiger partial charge in [-0.2, -0.15) is 0 Å². The lowest BCUT2D eigenvalue weighted by Gasteiger charge is -2.01. The van der Waals surface area contributed by atoms with Gasteiger partial charge in [0.2, 0.25) is 0 Å². The molecule has 2 rings (SSSR count). The van der Waals surface area contributed by atoms with Crippen molar-refractivity contribution in [2.45, 2.75) is 0 Å². The lowest BCUT2D eigenvalue weighted by atomic mass is 10.1. The first kappa shape index (κ1) is 17.1. The molecule has 1 aromatic heterocycles. The van der Waals surface area contributed by atoms with Gasteiger partial charge < -0.3 is 28.7 Å². The summed E-state index contributed by atoms with van der Waals surface area (Å²) >= 11 is 0. The van der Waals surface area contributed by atoms with E-state index in [0.717, 1.165) is 17.2 Å². The smallest absolute Gasteiger partial charge is 0.335 e. The van der Waals surface area contributed by atoms with Crippen LogP contribution in [-0.4, -0.2) is 5.97 Å². The predicted molar refractivity (Wildman–Crippen MR) is 78.8 cm³/mol. The Balaban J connectivity index is 0.00000220. The third kappa shape index (κ3) is 5.51. The number of ether oxygens (including phenoxy) is 1. The van der Waals surface area contributed by atoms with E-state index in [4.69, 9.17) is 4.74 Å². The van der Waals surface area contributed by atoms with Gasteiger partial charge in [-0.1, -0.05) is 30.9 Å². The summed E-state index contributed by atoms with van der Waals surface area (Å²) in [6.07, 6.45) is 9.18. The third-order valence-electron chi connectivity index (χ3n) is 2.74. The van der Waals surface area contributed by atoms with E-state index in [-0.39, 0.29) is 24.0 Å². The van der Waals surface area contributed by atoms with Crippen LogP contribution in [0.15, 0.2) is 61.4 Å². The number of carbonyl (C=O) groups is 1. The van der Waals surface area contributed by atoms with E-state index < -0.39 is 5.97 Å². The molecule has 0 aliphatic carbocycles. The monoisotopic (exact) mass is 393 g/mol. The van der Waals surface area contributed by atoms with Crippen LogP contribution >= 0.6 is 0 Å². The van der Waals surface area contributed by atoms with Crippen LogP contribution in [-0.2, 0) is 11.8 Å². The fraction of sp³-hybridized carbons (Fsp3) is 0.0588. The number of hydrogen-bond donors (Lipinski definition) is 0. The molecule has 0 aliphatic rings. The minimum absolute atomic E-state index is 0. The number of pyridine rings is 1. The zero-order chi connectivity index (χ0) is 14.4. The van der Waals surface area contributed by atoms with Gasteiger partial charge >= 0.3 is 5.97 Å². The molecule has 2 aromatic rings. The van der Waals surface area contributed by atoms with Crippen LogP contribution in [0.4, 0.5) is 0 Å². The van der Waals surface area contributed by atoms with Crippen LogP contribution in [0, 0.1) is 0 Å². The molecule has 1 aromatic carbocycles. The summed E-state index contributed by atoms with van der Waals surface area (Å²) < 4.78 is 7.00. The number of benzene rings is 1. The number of aryl methyl sites for hydroxylation is 1. The van der Waals surface area contributed by atoms with E-state index in [1.807, 2.05) is 60.4 Å². The van der Waals surface area contributed by atoms with Crippen molar-refractivity contribution in [1.29, 1.82) is 0 Å². The van der Waals surface area contributed by atoms with Crippen molar-refractivity contribution in [2.75, 3.05) is 0 Å². The molecule has 0 unspecified atom stereocenters. The highest BCUT2D eigenvalue weighted by atomic mass is 127. The summed E-state index contributed by atoms with van der Waals surface area (Å²) in [5.41, 5.74) is 2.17. The molecule has 0 fully saturated rings. The average Bonchev–Trinajstić information content (AvgIpc) is 2.48. The Hall–Kier alpha value is -1.95. The van der Waals surface area contributed by atoms with Gasteiger partial charge in [0, 0.05) is 18.2 Å². The van der Waals surface area contributed by atoms with Crippen LogP contribution in [0.1, 0.15) is 11.1 Å². The molecule has 21 heavy (non-hydrogen) atoms. The zero-order valence-electron chi connectivity index (χ0n) is 11.7. The number of carbonyl (C=O) groups excluding carboxylic acids is 1. The van der Waals surface area contributed by atoms with E-state index in [2.05, 4.69) is 6.58 Å². The number of nitrogens with zero attached hydrogens (tertiary/aromatic N) is 1. The van der Waals surface area contributed by atoms with E-state index in [1.54, 1.807) is 12.1 Å². The molecule has 0 radical (unpaired) electrons. The molecule has 0 saturated heterocycles. The van der Waals surface area contributed by atoms with Crippen molar-refractivity contribution in [3.8, 4) is 5.75 Å². The van der Waals surface area contributed by atoms with Gasteiger partial charge in [0.25, 0.3) is 0 Å². The summed E-state index contributed by atoms with van der Waals surface area (Å²) in [5.74, 6) is 0.0595. The van der Waals surface area contributed by atoms with Crippen LogP contribution < -0.4 is 33.3 Å². The average molecular weight is 393 g/mol. The van der Waals surface area contributed by atoms with Gasteiger partial charge in [-0.3, -0.25) is 0 Å². The van der Waals surface area contributed by atoms with Crippen LogP contribution in [0.5, 0.6) is 5.75 Å². The maximum atomic E-state index is 11.0. The summed E-state index contributed by atoms with van der Waals surface area (Å²) in [6, 6.07) is 11.4. The lowest BCUT2D eigenvalue weighted by Crippen LogP contribution is -3.00. The maximum Gasteiger partial charge on any atom is 0.335 e. The molecule has 0 spiro atoms. The van der Waals surface area contributed by atoms with Crippen molar-refractivity contribution >= 4 is 18.1 Å². The van der Waals surface area contributed by atoms with Crippen LogP contribution in [0.25, 0.3) is 12.2 Å². The standard InChI is InChI=1S/C17H16NO2.HI/c1-3-17(19)20-16-8-6-14(7-9-16)4-5-15-10-12-18(2)13-11-15;/h3-13H,1H2,2H3;1H/q+1;/p-1. The largest absolute Gasteiger partial charge is 1.00 e. The van der Waals surface area contributed by atoms with Gasteiger partial charge in [0.05, 0.1) is 0 Å². The van der Waals surface area contributed by atoms with Crippen molar-refractivity contribution in [2.24, 2.45) is 7.05 Å². The predicted octanol–water partition coefficient (Wildman–Crippen LogP) is -0.223. The molecule has 3 nitrogen and oxygen atoms in total. The molecular weight excluding hydrogens is 377 g/mol. The molecule has 0 atom stereocenters. The minimum atomic E-state index is -0.453. The van der Waals surface area contributed by atoms with Crippen molar-refractivity contribution in [1.82, 2.24) is 0 Å². The Kier molecular flexibility index (Phi) is 6.81. The first-order valence-corrected chi connectivity index (χ1v) is 6.25. The zero-order valence-corrected chi connectivity index (χ0v) is 13.9. The van der Waals surface area contributed by atoms with Crippen molar-refractivity contribution < 1.29 is 38.1 Å². The molecule has 0 N–H and O–H groups in total. The fourth-order valence-corrected chi connectivity index (χ4v) is 1.62. The summed E-state index contributed by atoms with van der Waals surface area (Å²) in [6.45, 7) is 3.36. The molecule has 0 aliphatic heterocycles. The van der Waals surface area contributed by atoms with Gasteiger partial charge in [0.1, 0.15) is 12.8 Å². The highest BCUT2D eigenvalue weighted by Crippen LogP contribution is 2.14. The molecule has 0 bridgehead atoms. The molecule has 0 saturated carbocycles. The van der Waals surface area contributed by atoms with Gasteiger partial charge in [-0.05, 0) is 23.3 Å². The maximum absolute atomic E-state index is 11.0. The Labute approximate surface area is 141 Å². The van der Waals surface area contributed by atoms with E-state index >= 15 is 0 Å². The highest BCUT2D eigenvalue weighted by Gasteiger charge is 1.98. The normalized spacial score (nSPS) is 9.95. The van der Waals surface area contributed by atoms with E-state index in [0.29, 0.717) is 5.75 Å². The summed E-state index contributed by atoms with van der Waals surface area (Å²) in [5, 5.41) is 0. The first-order chi connectivity index (χ1) is 9.67. The van der Waals surface area contributed by atoms with E-state index in [9.17, 15) is 4.79 Å². The number of rotatable bonds is 4. The second-order valence-electron chi connectivity index (χ2n) is 4.32. The van der Waals surface area contributed by atoms with Gasteiger partial charge in [-0.15, -0.1) is 0 Å². The molecule has 0 amide bonds. The number of hydrogen-bond acceptors (Lipinski definition) is 2. The highest BCUT2D eigenvalue weighted by molar-refractivity contribution is 5.83. The summed E-state index contributed by atoms with van der Waals surface area (Å²) in [4.78, 5) is 11.0. The SMILES string of the molecule is C=CC(=O)Oc1ccc(C=Cc2cc[n+](C)cc2)cc1.[I-]. The van der Waals surface area contributed by atoms with E-state index in [1.165, 1.54) is 0 Å².